The largest absolute Gasteiger partial charge is 0.314 e. The van der Waals surface area contributed by atoms with Crippen molar-refractivity contribution in [3.8, 4) is 0 Å². The predicted molar refractivity (Wildman–Crippen MR) is 100 cm³/mol. The van der Waals surface area contributed by atoms with Crippen LogP contribution in [0.5, 0.6) is 0 Å². The van der Waals surface area contributed by atoms with Gasteiger partial charge in [0.2, 0.25) is 0 Å². The number of nitrogens with one attached hydrogen (secondary N) is 1. The zero-order valence-corrected chi connectivity index (χ0v) is 15.9. The maximum atomic E-state index is 3.45. The average Bonchev–Trinajstić information content (AvgIpc) is 2.40. The number of rotatable bonds is 4. The molecule has 20 heavy (non-hydrogen) atoms. The third kappa shape index (κ3) is 5.34. The lowest BCUT2D eigenvalue weighted by atomic mass is 9.90. The molecule has 2 rings (SSSR count). The Morgan fingerprint density at radius 1 is 1.25 bits per heavy atom. The van der Waals surface area contributed by atoms with Gasteiger partial charge in [-0.1, -0.05) is 32.4 Å². The molecule has 1 fully saturated rings. The highest BCUT2D eigenvalue weighted by molar-refractivity contribution is 14.1. The molecule has 1 aromatic carbocycles. The zero-order valence-electron chi connectivity index (χ0n) is 12.1. The third-order valence-corrected chi connectivity index (χ3v) is 4.59. The van der Waals surface area contributed by atoms with E-state index in [-0.39, 0.29) is 24.8 Å². The second-order valence-corrected chi connectivity index (χ2v) is 6.42. The minimum absolute atomic E-state index is 0. The third-order valence-electron chi connectivity index (χ3n) is 3.92. The van der Waals surface area contributed by atoms with Crippen molar-refractivity contribution >= 4 is 47.4 Å². The molecule has 116 valence electrons. The van der Waals surface area contributed by atoms with E-state index >= 15 is 0 Å². The molecule has 1 heterocycles. The molecule has 5 heteroatoms. The Morgan fingerprint density at radius 3 is 2.45 bits per heavy atom. The van der Waals surface area contributed by atoms with Crippen LogP contribution in [-0.4, -0.2) is 31.1 Å². The minimum atomic E-state index is 0. The quantitative estimate of drug-likeness (QED) is 0.722. The average molecular weight is 431 g/mol. The van der Waals surface area contributed by atoms with Crippen molar-refractivity contribution < 1.29 is 0 Å². The molecule has 0 aromatic heterocycles. The van der Waals surface area contributed by atoms with E-state index in [2.05, 4.69) is 70.9 Å². The van der Waals surface area contributed by atoms with Gasteiger partial charge in [0, 0.05) is 35.8 Å². The Labute approximate surface area is 149 Å². The molecule has 1 aliphatic heterocycles. The van der Waals surface area contributed by atoms with Gasteiger partial charge in [0.05, 0.1) is 0 Å². The molecule has 0 spiro atoms. The molecule has 1 unspecified atom stereocenters. The first kappa shape index (κ1) is 20.5. The molecule has 0 aliphatic carbocycles. The number of nitrogens with zero attached hydrogens (tertiary/aromatic N) is 1. The summed E-state index contributed by atoms with van der Waals surface area (Å²) in [6, 6.07) is 9.58. The molecule has 1 saturated heterocycles. The molecule has 2 atom stereocenters. The van der Waals surface area contributed by atoms with Crippen LogP contribution < -0.4 is 5.32 Å². The van der Waals surface area contributed by atoms with Gasteiger partial charge in [-0.3, -0.25) is 4.90 Å². The van der Waals surface area contributed by atoms with Gasteiger partial charge in [-0.05, 0) is 46.2 Å². The van der Waals surface area contributed by atoms with E-state index in [0.29, 0.717) is 12.0 Å². The van der Waals surface area contributed by atoms with Crippen LogP contribution in [0.1, 0.15) is 31.9 Å². The molecule has 1 N–H and O–H groups in total. The fourth-order valence-corrected chi connectivity index (χ4v) is 3.34. The SMILES string of the molecule is CCC(C)[C@H](c1cccc(I)c1)N1CCNCC1.Cl.Cl. The molecular formula is C15H25Cl2IN2. The highest BCUT2D eigenvalue weighted by atomic mass is 127. The van der Waals surface area contributed by atoms with E-state index in [0.717, 1.165) is 13.1 Å². The van der Waals surface area contributed by atoms with Crippen LogP contribution in [0.25, 0.3) is 0 Å². The van der Waals surface area contributed by atoms with Crippen molar-refractivity contribution in [2.45, 2.75) is 26.3 Å². The number of benzene rings is 1. The van der Waals surface area contributed by atoms with Crippen molar-refractivity contribution in [2.24, 2.45) is 5.92 Å². The van der Waals surface area contributed by atoms with Crippen molar-refractivity contribution in [3.63, 3.8) is 0 Å². The smallest absolute Gasteiger partial charge is 0.0375 e. The van der Waals surface area contributed by atoms with Crippen molar-refractivity contribution in [3.05, 3.63) is 33.4 Å². The molecule has 0 bridgehead atoms. The van der Waals surface area contributed by atoms with Crippen LogP contribution in [0.15, 0.2) is 24.3 Å². The fourth-order valence-electron chi connectivity index (χ4n) is 2.77. The Hall–Kier alpha value is 0.450. The maximum Gasteiger partial charge on any atom is 0.0375 e. The zero-order chi connectivity index (χ0) is 13.0. The van der Waals surface area contributed by atoms with Crippen LogP contribution in [0.2, 0.25) is 0 Å². The topological polar surface area (TPSA) is 15.3 Å². The summed E-state index contributed by atoms with van der Waals surface area (Å²) >= 11 is 2.41. The maximum absolute atomic E-state index is 3.45. The van der Waals surface area contributed by atoms with E-state index in [1.165, 1.54) is 28.6 Å². The molecular weight excluding hydrogens is 406 g/mol. The van der Waals surface area contributed by atoms with Crippen molar-refractivity contribution in [1.82, 2.24) is 10.2 Å². The van der Waals surface area contributed by atoms with E-state index < -0.39 is 0 Å². The van der Waals surface area contributed by atoms with E-state index in [4.69, 9.17) is 0 Å². The van der Waals surface area contributed by atoms with Crippen molar-refractivity contribution in [1.29, 1.82) is 0 Å². The van der Waals surface area contributed by atoms with Gasteiger partial charge in [0.15, 0.2) is 0 Å². The molecule has 0 amide bonds. The highest BCUT2D eigenvalue weighted by Gasteiger charge is 2.26. The summed E-state index contributed by atoms with van der Waals surface area (Å²) in [6.45, 7) is 9.26. The van der Waals surface area contributed by atoms with Crippen LogP contribution in [0.4, 0.5) is 0 Å². The number of hydrogen-bond donors (Lipinski definition) is 1. The van der Waals surface area contributed by atoms with E-state index in [1.807, 2.05) is 0 Å². The number of piperazine rings is 1. The summed E-state index contributed by atoms with van der Waals surface area (Å²) in [6.07, 6.45) is 1.24. The monoisotopic (exact) mass is 430 g/mol. The number of hydrogen-bond acceptors (Lipinski definition) is 2. The summed E-state index contributed by atoms with van der Waals surface area (Å²) in [5.74, 6) is 0.710. The minimum Gasteiger partial charge on any atom is -0.314 e. The Bertz CT molecular complexity index is 384. The molecule has 0 saturated carbocycles. The Kier molecular flexibility index (Phi) is 10.5. The van der Waals surface area contributed by atoms with Gasteiger partial charge in [0.1, 0.15) is 0 Å². The second kappa shape index (κ2) is 10.2. The van der Waals surface area contributed by atoms with Crippen LogP contribution in [0, 0.1) is 9.49 Å². The van der Waals surface area contributed by atoms with Gasteiger partial charge in [0.25, 0.3) is 0 Å². The van der Waals surface area contributed by atoms with Crippen LogP contribution >= 0.6 is 47.4 Å². The van der Waals surface area contributed by atoms with Gasteiger partial charge >= 0.3 is 0 Å². The molecule has 2 nitrogen and oxygen atoms in total. The van der Waals surface area contributed by atoms with Gasteiger partial charge in [-0.15, -0.1) is 24.8 Å². The first-order valence-electron chi connectivity index (χ1n) is 6.92. The lowest BCUT2D eigenvalue weighted by Crippen LogP contribution is -2.46. The van der Waals surface area contributed by atoms with Gasteiger partial charge in [-0.25, -0.2) is 0 Å². The fraction of sp³-hybridized carbons (Fsp3) is 0.600. The summed E-state index contributed by atoms with van der Waals surface area (Å²) in [5.41, 5.74) is 1.48. The van der Waals surface area contributed by atoms with Gasteiger partial charge < -0.3 is 5.32 Å². The highest BCUT2D eigenvalue weighted by Crippen LogP contribution is 2.31. The predicted octanol–water partition coefficient (Wildman–Crippen LogP) is 4.13. The summed E-state index contributed by atoms with van der Waals surface area (Å²) in [4.78, 5) is 2.65. The Balaban J connectivity index is 0.00000180. The molecule has 0 radical (unpaired) electrons. The lowest BCUT2D eigenvalue weighted by Gasteiger charge is -2.38. The van der Waals surface area contributed by atoms with Gasteiger partial charge in [-0.2, -0.15) is 0 Å². The van der Waals surface area contributed by atoms with Crippen LogP contribution in [0.3, 0.4) is 0 Å². The standard InChI is InChI=1S/C15H23IN2.2ClH/c1-3-12(2)15(18-9-7-17-8-10-18)13-5-4-6-14(16)11-13;;/h4-6,11-12,15,17H,3,7-10H2,1-2H3;2*1H/t12?,15-;;/m1../s1. The number of halogens is 3. The normalized spacial score (nSPS) is 18.6. The summed E-state index contributed by atoms with van der Waals surface area (Å²) < 4.78 is 1.34. The molecule has 1 aromatic rings. The molecule has 1 aliphatic rings. The van der Waals surface area contributed by atoms with Crippen LogP contribution in [-0.2, 0) is 0 Å². The van der Waals surface area contributed by atoms with E-state index in [9.17, 15) is 0 Å². The first-order chi connectivity index (χ1) is 8.72. The first-order valence-corrected chi connectivity index (χ1v) is 8.00. The summed E-state index contributed by atoms with van der Waals surface area (Å²) in [7, 11) is 0. The summed E-state index contributed by atoms with van der Waals surface area (Å²) in [5, 5.41) is 3.45. The lowest BCUT2D eigenvalue weighted by molar-refractivity contribution is 0.128. The van der Waals surface area contributed by atoms with Crippen molar-refractivity contribution in [2.75, 3.05) is 26.2 Å². The Morgan fingerprint density at radius 2 is 1.90 bits per heavy atom. The van der Waals surface area contributed by atoms with E-state index in [1.54, 1.807) is 0 Å². The second-order valence-electron chi connectivity index (χ2n) is 5.17.